The van der Waals surface area contributed by atoms with Crippen molar-refractivity contribution in [2.24, 2.45) is 5.92 Å². The van der Waals surface area contributed by atoms with E-state index in [2.05, 4.69) is 15.9 Å². The Balaban J connectivity index is 2.20. The highest BCUT2D eigenvalue weighted by atomic mass is 79.9. The molecule has 0 amide bonds. The van der Waals surface area contributed by atoms with Crippen molar-refractivity contribution in [3.8, 4) is 0 Å². The lowest BCUT2D eigenvalue weighted by molar-refractivity contribution is 0.291. The highest BCUT2D eigenvalue weighted by molar-refractivity contribution is 9.09. The van der Waals surface area contributed by atoms with Crippen LogP contribution in [0.5, 0.6) is 0 Å². The fraction of sp³-hybridized carbons (Fsp3) is 0.500. The summed E-state index contributed by atoms with van der Waals surface area (Å²) in [6, 6.07) is 5.53. The molecule has 0 atom stereocenters. The van der Waals surface area contributed by atoms with Crippen molar-refractivity contribution in [2.75, 3.05) is 18.4 Å². The molecule has 0 saturated carbocycles. The Morgan fingerprint density at radius 1 is 1.28 bits per heavy atom. The van der Waals surface area contributed by atoms with E-state index < -0.39 is 15.8 Å². The van der Waals surface area contributed by atoms with E-state index in [0.29, 0.717) is 19.0 Å². The molecule has 0 unspecified atom stereocenters. The highest BCUT2D eigenvalue weighted by Gasteiger charge is 2.30. The summed E-state index contributed by atoms with van der Waals surface area (Å²) in [4.78, 5) is -0.220. The number of hydrogen-bond donors (Lipinski definition) is 0. The third-order valence-corrected chi connectivity index (χ3v) is 6.09. The van der Waals surface area contributed by atoms with E-state index in [4.69, 9.17) is 0 Å². The number of alkyl halides is 1. The molecule has 0 radical (unpaired) electrons. The molecule has 1 aliphatic rings. The van der Waals surface area contributed by atoms with Crippen molar-refractivity contribution in [2.45, 2.75) is 17.7 Å². The largest absolute Gasteiger partial charge is 0.245 e. The van der Waals surface area contributed by atoms with Gasteiger partial charge < -0.3 is 0 Å². The van der Waals surface area contributed by atoms with Gasteiger partial charge in [0, 0.05) is 18.4 Å². The van der Waals surface area contributed by atoms with Crippen LogP contribution in [0.1, 0.15) is 12.8 Å². The third-order valence-electron chi connectivity index (χ3n) is 3.25. The van der Waals surface area contributed by atoms with Crippen molar-refractivity contribution in [3.63, 3.8) is 0 Å². The fourth-order valence-corrected chi connectivity index (χ4v) is 4.28. The van der Waals surface area contributed by atoms with E-state index in [9.17, 15) is 12.8 Å². The van der Waals surface area contributed by atoms with Gasteiger partial charge in [-0.15, -0.1) is 0 Å². The molecular weight excluding hydrogens is 321 g/mol. The molecule has 3 nitrogen and oxygen atoms in total. The lowest BCUT2D eigenvalue weighted by Crippen LogP contribution is -2.39. The van der Waals surface area contributed by atoms with Crippen LogP contribution in [0.3, 0.4) is 0 Å². The zero-order valence-corrected chi connectivity index (χ0v) is 12.3. The normalized spacial score (nSPS) is 19.0. The van der Waals surface area contributed by atoms with Crippen molar-refractivity contribution in [3.05, 3.63) is 30.1 Å². The first-order valence-corrected chi connectivity index (χ1v) is 8.42. The minimum Gasteiger partial charge on any atom is -0.207 e. The Hall–Kier alpha value is -0.460. The van der Waals surface area contributed by atoms with Gasteiger partial charge in [-0.05, 0) is 30.9 Å². The Morgan fingerprint density at radius 3 is 2.44 bits per heavy atom. The molecular formula is C12H15BrFNO2S. The predicted octanol–water partition coefficient (Wildman–Crippen LogP) is 2.62. The Labute approximate surface area is 115 Å². The first-order chi connectivity index (χ1) is 8.55. The zero-order chi connectivity index (χ0) is 13.2. The Kier molecular flexibility index (Phi) is 4.40. The van der Waals surface area contributed by atoms with Gasteiger partial charge in [-0.2, -0.15) is 4.31 Å². The topological polar surface area (TPSA) is 37.4 Å². The van der Waals surface area contributed by atoms with Gasteiger partial charge in [-0.25, -0.2) is 12.8 Å². The van der Waals surface area contributed by atoms with E-state index in [1.807, 2.05) is 0 Å². The van der Waals surface area contributed by atoms with E-state index >= 15 is 0 Å². The average molecular weight is 336 g/mol. The molecule has 1 aliphatic heterocycles. The van der Waals surface area contributed by atoms with Crippen molar-refractivity contribution in [1.82, 2.24) is 4.31 Å². The Morgan fingerprint density at radius 2 is 1.89 bits per heavy atom. The monoisotopic (exact) mass is 335 g/mol. The van der Waals surface area contributed by atoms with Crippen LogP contribution in [0.2, 0.25) is 0 Å². The van der Waals surface area contributed by atoms with Gasteiger partial charge in [0.1, 0.15) is 10.7 Å². The van der Waals surface area contributed by atoms with Gasteiger partial charge in [-0.1, -0.05) is 28.1 Å². The summed E-state index contributed by atoms with van der Waals surface area (Å²) in [5, 5.41) is 0.889. The second-order valence-electron chi connectivity index (χ2n) is 4.43. The number of piperidine rings is 1. The first-order valence-electron chi connectivity index (χ1n) is 5.86. The third kappa shape index (κ3) is 2.75. The number of halogens is 2. The van der Waals surface area contributed by atoms with Crippen molar-refractivity contribution < 1.29 is 12.8 Å². The number of sulfonamides is 1. The van der Waals surface area contributed by atoms with Crippen LogP contribution in [0, 0.1) is 11.7 Å². The maximum atomic E-state index is 13.6. The molecule has 1 fully saturated rings. The summed E-state index contributed by atoms with van der Waals surface area (Å²) in [6.07, 6.45) is 1.64. The maximum Gasteiger partial charge on any atom is 0.245 e. The van der Waals surface area contributed by atoms with Crippen LogP contribution >= 0.6 is 15.9 Å². The molecule has 1 aromatic carbocycles. The molecule has 1 saturated heterocycles. The smallest absolute Gasteiger partial charge is 0.207 e. The summed E-state index contributed by atoms with van der Waals surface area (Å²) < 4.78 is 39.5. The maximum absolute atomic E-state index is 13.6. The molecule has 0 aromatic heterocycles. The Bertz CT molecular complexity index is 513. The molecule has 0 aliphatic carbocycles. The predicted molar refractivity (Wildman–Crippen MR) is 71.7 cm³/mol. The molecule has 0 bridgehead atoms. The SMILES string of the molecule is O=S(=O)(c1ccccc1F)N1CCC(CBr)CC1. The van der Waals surface area contributed by atoms with Crippen LogP contribution in [-0.4, -0.2) is 31.1 Å². The second-order valence-corrected chi connectivity index (χ2v) is 6.99. The lowest BCUT2D eigenvalue weighted by atomic mass is 10.0. The van der Waals surface area contributed by atoms with Gasteiger partial charge in [0.25, 0.3) is 0 Å². The number of benzene rings is 1. The quantitative estimate of drug-likeness (QED) is 0.796. The molecule has 18 heavy (non-hydrogen) atoms. The minimum absolute atomic E-state index is 0.220. The molecule has 0 spiro atoms. The van der Waals surface area contributed by atoms with Gasteiger partial charge in [0.15, 0.2) is 0 Å². The van der Waals surface area contributed by atoms with E-state index in [1.54, 1.807) is 6.07 Å². The summed E-state index contributed by atoms with van der Waals surface area (Å²) in [5.41, 5.74) is 0. The lowest BCUT2D eigenvalue weighted by Gasteiger charge is -2.30. The summed E-state index contributed by atoms with van der Waals surface area (Å²) in [7, 11) is -3.68. The van der Waals surface area contributed by atoms with Crippen LogP contribution in [0.25, 0.3) is 0 Å². The number of hydrogen-bond acceptors (Lipinski definition) is 2. The van der Waals surface area contributed by atoms with Gasteiger partial charge in [0.05, 0.1) is 0 Å². The summed E-state index contributed by atoms with van der Waals surface area (Å²) >= 11 is 3.41. The first kappa shape index (κ1) is 14.0. The van der Waals surface area contributed by atoms with Gasteiger partial charge in [0.2, 0.25) is 10.0 Å². The zero-order valence-electron chi connectivity index (χ0n) is 9.85. The second kappa shape index (κ2) is 5.67. The fourth-order valence-electron chi connectivity index (χ4n) is 2.10. The standard InChI is InChI=1S/C12H15BrFNO2S/c13-9-10-5-7-15(8-6-10)18(16,17)12-4-2-1-3-11(12)14/h1-4,10H,5-9H2. The van der Waals surface area contributed by atoms with Crippen LogP contribution in [0.15, 0.2) is 29.2 Å². The minimum atomic E-state index is -3.68. The molecule has 2 rings (SSSR count). The highest BCUT2D eigenvalue weighted by Crippen LogP contribution is 2.25. The van der Waals surface area contributed by atoms with E-state index in [0.717, 1.165) is 18.2 Å². The van der Waals surface area contributed by atoms with E-state index in [-0.39, 0.29) is 4.90 Å². The van der Waals surface area contributed by atoms with E-state index in [1.165, 1.54) is 22.5 Å². The van der Waals surface area contributed by atoms with Crippen LogP contribution < -0.4 is 0 Å². The molecule has 0 N–H and O–H groups in total. The average Bonchev–Trinajstić information content (AvgIpc) is 2.39. The summed E-state index contributed by atoms with van der Waals surface area (Å²) in [5.74, 6) is -0.169. The van der Waals surface area contributed by atoms with Crippen LogP contribution in [0.4, 0.5) is 4.39 Å². The number of nitrogens with zero attached hydrogens (tertiary/aromatic N) is 1. The molecule has 1 aromatic rings. The van der Waals surface area contributed by atoms with Gasteiger partial charge in [-0.3, -0.25) is 0 Å². The van der Waals surface area contributed by atoms with Crippen molar-refractivity contribution >= 4 is 26.0 Å². The van der Waals surface area contributed by atoms with Crippen LogP contribution in [-0.2, 0) is 10.0 Å². The van der Waals surface area contributed by atoms with Gasteiger partial charge >= 0.3 is 0 Å². The molecule has 6 heteroatoms. The van der Waals surface area contributed by atoms with Crippen molar-refractivity contribution in [1.29, 1.82) is 0 Å². The summed E-state index contributed by atoms with van der Waals surface area (Å²) in [6.45, 7) is 0.930. The number of rotatable bonds is 3. The molecule has 100 valence electrons. The molecule has 1 heterocycles.